The molecule has 0 saturated carbocycles. The molecule has 1 aliphatic heterocycles. The van der Waals surface area contributed by atoms with Crippen LogP contribution in [-0.2, 0) is 13.0 Å². The largest absolute Gasteiger partial charge is 0.494 e. The van der Waals surface area contributed by atoms with Gasteiger partial charge in [-0.25, -0.2) is 4.39 Å². The average Bonchev–Trinajstić information content (AvgIpc) is 2.84. The molecule has 24 heavy (non-hydrogen) atoms. The topological polar surface area (TPSA) is 80.8 Å². The van der Waals surface area contributed by atoms with Crippen molar-refractivity contribution in [2.75, 3.05) is 7.11 Å². The van der Waals surface area contributed by atoms with Gasteiger partial charge in [-0.2, -0.15) is 5.26 Å². The third-order valence-corrected chi connectivity index (χ3v) is 4.22. The molecule has 0 radical (unpaired) electrons. The number of aromatic nitrogens is 3. The Balaban J connectivity index is 1.96. The number of halogens is 1. The molecule has 1 atom stereocenters. The predicted octanol–water partition coefficient (Wildman–Crippen LogP) is 2.64. The van der Waals surface area contributed by atoms with Crippen molar-refractivity contribution in [1.29, 1.82) is 5.26 Å². The molecule has 0 fully saturated rings. The molecule has 6 nitrogen and oxygen atoms in total. The lowest BCUT2D eigenvalue weighted by Crippen LogP contribution is -2.17. The molecule has 0 saturated heterocycles. The predicted molar refractivity (Wildman–Crippen MR) is 83.2 cm³/mol. The van der Waals surface area contributed by atoms with Gasteiger partial charge in [0, 0.05) is 18.5 Å². The highest BCUT2D eigenvalue weighted by Crippen LogP contribution is 2.25. The number of nitriles is 1. The van der Waals surface area contributed by atoms with Crippen molar-refractivity contribution in [3.8, 4) is 11.8 Å². The number of carbonyl (C=O) groups excluding carboxylic acids is 1. The van der Waals surface area contributed by atoms with Crippen molar-refractivity contribution in [1.82, 2.24) is 14.8 Å². The van der Waals surface area contributed by atoms with E-state index in [2.05, 4.69) is 10.2 Å². The molecule has 1 aliphatic rings. The number of ether oxygens (including phenoxy) is 1. The van der Waals surface area contributed by atoms with Gasteiger partial charge in [0.25, 0.3) is 0 Å². The van der Waals surface area contributed by atoms with Gasteiger partial charge in [-0.1, -0.05) is 6.42 Å². The first-order valence-electron chi connectivity index (χ1n) is 7.85. The maximum Gasteiger partial charge on any atom is 0.187 e. The van der Waals surface area contributed by atoms with Crippen molar-refractivity contribution in [3.63, 3.8) is 0 Å². The van der Waals surface area contributed by atoms with Crippen LogP contribution in [0.1, 0.15) is 47.2 Å². The van der Waals surface area contributed by atoms with E-state index in [0.717, 1.165) is 37.6 Å². The Labute approximate surface area is 138 Å². The second kappa shape index (κ2) is 6.79. The van der Waals surface area contributed by atoms with E-state index in [1.54, 1.807) is 0 Å². The van der Waals surface area contributed by atoms with Crippen LogP contribution in [0.5, 0.6) is 5.75 Å². The van der Waals surface area contributed by atoms with Gasteiger partial charge in [0.2, 0.25) is 0 Å². The summed E-state index contributed by atoms with van der Waals surface area (Å²) in [7, 11) is 1.33. The van der Waals surface area contributed by atoms with E-state index >= 15 is 0 Å². The van der Waals surface area contributed by atoms with Crippen LogP contribution in [0.25, 0.3) is 0 Å². The zero-order valence-electron chi connectivity index (χ0n) is 13.3. The summed E-state index contributed by atoms with van der Waals surface area (Å²) in [5.41, 5.74) is 0.214. The Bertz CT molecular complexity index is 809. The van der Waals surface area contributed by atoms with Crippen LogP contribution >= 0.6 is 0 Å². The molecular weight excluding hydrogens is 311 g/mol. The first kappa shape index (κ1) is 16.1. The number of hydrogen-bond donors (Lipinski definition) is 0. The third-order valence-electron chi connectivity index (χ3n) is 4.22. The molecule has 0 bridgehead atoms. The molecular formula is C17H17FN4O2. The standard InChI is InChI=1S/C17H17FN4O2/c1-24-14-9-11(6-7-13(14)18)16(23)12(10-19)17-21-20-15-5-3-2-4-8-22(15)17/h6-7,9,12H,2-5,8H2,1H3. The summed E-state index contributed by atoms with van der Waals surface area (Å²) in [5, 5.41) is 17.7. The maximum absolute atomic E-state index is 13.5. The second-order valence-corrected chi connectivity index (χ2v) is 5.71. The van der Waals surface area contributed by atoms with Gasteiger partial charge in [0.05, 0.1) is 13.2 Å². The summed E-state index contributed by atoms with van der Waals surface area (Å²) >= 11 is 0. The van der Waals surface area contributed by atoms with Gasteiger partial charge in [-0.05, 0) is 31.0 Å². The Kier molecular flexibility index (Phi) is 4.56. The van der Waals surface area contributed by atoms with E-state index in [1.807, 2.05) is 10.6 Å². The Morgan fingerprint density at radius 1 is 1.38 bits per heavy atom. The highest BCUT2D eigenvalue weighted by Gasteiger charge is 2.29. The number of carbonyl (C=O) groups is 1. The zero-order chi connectivity index (χ0) is 17.1. The number of rotatable bonds is 4. The molecule has 2 heterocycles. The second-order valence-electron chi connectivity index (χ2n) is 5.71. The molecule has 3 rings (SSSR count). The fourth-order valence-corrected chi connectivity index (χ4v) is 2.93. The van der Waals surface area contributed by atoms with Gasteiger partial charge in [-0.15, -0.1) is 10.2 Å². The van der Waals surface area contributed by atoms with Gasteiger partial charge >= 0.3 is 0 Å². The van der Waals surface area contributed by atoms with E-state index < -0.39 is 17.5 Å². The summed E-state index contributed by atoms with van der Waals surface area (Å²) in [4.78, 5) is 12.7. The van der Waals surface area contributed by atoms with Crippen LogP contribution in [-0.4, -0.2) is 27.7 Å². The third kappa shape index (κ3) is 2.87. The van der Waals surface area contributed by atoms with E-state index in [-0.39, 0.29) is 11.3 Å². The van der Waals surface area contributed by atoms with Crippen LogP contribution < -0.4 is 4.74 Å². The number of ketones is 1. The number of nitrogens with zero attached hydrogens (tertiary/aromatic N) is 4. The number of fused-ring (bicyclic) bond motifs is 1. The van der Waals surface area contributed by atoms with Crippen molar-refractivity contribution in [2.24, 2.45) is 0 Å². The lowest BCUT2D eigenvalue weighted by molar-refractivity contribution is 0.0974. The average molecular weight is 328 g/mol. The first-order valence-corrected chi connectivity index (χ1v) is 7.85. The highest BCUT2D eigenvalue weighted by atomic mass is 19.1. The molecule has 1 unspecified atom stereocenters. The molecule has 7 heteroatoms. The summed E-state index contributed by atoms with van der Waals surface area (Å²) in [6.45, 7) is 0.704. The lowest BCUT2D eigenvalue weighted by atomic mass is 9.97. The lowest BCUT2D eigenvalue weighted by Gasteiger charge is -2.12. The highest BCUT2D eigenvalue weighted by molar-refractivity contribution is 6.02. The van der Waals surface area contributed by atoms with Crippen molar-refractivity contribution in [2.45, 2.75) is 38.1 Å². The molecule has 2 aromatic rings. The van der Waals surface area contributed by atoms with Gasteiger partial charge in [0.1, 0.15) is 5.82 Å². The maximum atomic E-state index is 13.5. The summed E-state index contributed by atoms with van der Waals surface area (Å²) in [5.74, 6) is -0.916. The van der Waals surface area contributed by atoms with Crippen molar-refractivity contribution < 1.29 is 13.9 Å². The quantitative estimate of drug-likeness (QED) is 0.806. The zero-order valence-corrected chi connectivity index (χ0v) is 13.3. The van der Waals surface area contributed by atoms with Crippen LogP contribution in [0.15, 0.2) is 18.2 Å². The fraction of sp³-hybridized carbons (Fsp3) is 0.412. The molecule has 1 aromatic carbocycles. The molecule has 1 aromatic heterocycles. The van der Waals surface area contributed by atoms with E-state index in [9.17, 15) is 14.4 Å². The molecule has 0 spiro atoms. The number of hydrogen-bond acceptors (Lipinski definition) is 5. The van der Waals surface area contributed by atoms with Gasteiger partial charge in [0.15, 0.2) is 29.1 Å². The van der Waals surface area contributed by atoms with E-state index in [0.29, 0.717) is 12.4 Å². The monoisotopic (exact) mass is 328 g/mol. The molecule has 0 aliphatic carbocycles. The summed E-state index contributed by atoms with van der Waals surface area (Å²) in [6.07, 6.45) is 3.88. The number of Topliss-reactive ketones (excluding diaryl/α,β-unsaturated/α-hetero) is 1. The summed E-state index contributed by atoms with van der Waals surface area (Å²) < 4.78 is 20.3. The molecule has 124 valence electrons. The van der Waals surface area contributed by atoms with Crippen LogP contribution in [0.3, 0.4) is 0 Å². The first-order chi connectivity index (χ1) is 11.7. The molecule has 0 amide bonds. The Morgan fingerprint density at radius 2 is 2.21 bits per heavy atom. The number of methoxy groups -OCH3 is 1. The van der Waals surface area contributed by atoms with Crippen molar-refractivity contribution in [3.05, 3.63) is 41.2 Å². The Hall–Kier alpha value is -2.75. The SMILES string of the molecule is COc1cc(C(=O)C(C#N)c2nnc3n2CCCCC3)ccc1F. The van der Waals surface area contributed by atoms with Crippen LogP contribution in [0, 0.1) is 17.1 Å². The van der Waals surface area contributed by atoms with Crippen LogP contribution in [0.4, 0.5) is 4.39 Å². The van der Waals surface area contributed by atoms with Crippen molar-refractivity contribution >= 4 is 5.78 Å². The van der Waals surface area contributed by atoms with Gasteiger partial charge < -0.3 is 9.30 Å². The minimum absolute atomic E-state index is 0.0300. The van der Waals surface area contributed by atoms with Crippen LogP contribution in [0.2, 0.25) is 0 Å². The van der Waals surface area contributed by atoms with E-state index in [1.165, 1.54) is 19.2 Å². The molecule has 0 N–H and O–H groups in total. The minimum Gasteiger partial charge on any atom is -0.494 e. The smallest absolute Gasteiger partial charge is 0.187 e. The fourth-order valence-electron chi connectivity index (χ4n) is 2.93. The number of aryl methyl sites for hydroxylation is 1. The number of benzene rings is 1. The Morgan fingerprint density at radius 3 is 2.96 bits per heavy atom. The minimum atomic E-state index is -1.07. The van der Waals surface area contributed by atoms with Gasteiger partial charge in [-0.3, -0.25) is 4.79 Å². The van der Waals surface area contributed by atoms with E-state index in [4.69, 9.17) is 4.74 Å². The summed E-state index contributed by atoms with van der Waals surface area (Å²) in [6, 6.07) is 5.83. The normalized spacial score (nSPS) is 15.0.